The first-order valence-electron chi connectivity index (χ1n) is 28.2. The molecule has 0 aliphatic carbocycles. The van der Waals surface area contributed by atoms with Gasteiger partial charge in [0.05, 0.1) is 0 Å². The number of nitrogens with zero attached hydrogens (tertiary/aromatic N) is 1. The minimum Gasteiger partial charge on any atom is -0.0616 e. The topological polar surface area (TPSA) is 3.24 Å². The van der Waals surface area contributed by atoms with Crippen LogP contribution in [-0.4, -0.2) is 39.8 Å². The third-order valence-electron chi connectivity index (χ3n) is 16.0. The molecule has 1 nitrogen and oxygen atoms in total. The summed E-state index contributed by atoms with van der Waals surface area (Å²) in [5.41, 5.74) is 16.1. The number of hydrogen-bond acceptors (Lipinski definition) is 1. The molecule has 0 aliphatic heterocycles. The number of fused-ring (bicyclic) bond motifs is 4. The summed E-state index contributed by atoms with van der Waals surface area (Å²) in [6.45, 7) is 4.30. The van der Waals surface area contributed by atoms with E-state index in [2.05, 4.69) is 313 Å². The first-order valence-corrected chi connectivity index (χ1v) is 50.2. The predicted molar refractivity (Wildman–Crippen MR) is 358 cm³/mol. The molecule has 390 valence electrons. The second kappa shape index (κ2) is 22.0. The minimum absolute atomic E-state index is 1.15. The molecule has 4 heteroatoms. The van der Waals surface area contributed by atoms with Gasteiger partial charge in [-0.15, -0.1) is 0 Å². The van der Waals surface area contributed by atoms with E-state index in [0.29, 0.717) is 0 Å². The van der Waals surface area contributed by atoms with Crippen LogP contribution in [0.25, 0.3) is 87.6 Å². The normalized spacial score (nSPS) is 12.0. The Hall–Kier alpha value is -6.89. The summed E-state index contributed by atoms with van der Waals surface area (Å²) in [5, 5.41) is 10.1. The van der Waals surface area contributed by atoms with Crippen LogP contribution >= 0.6 is 0 Å². The summed E-state index contributed by atoms with van der Waals surface area (Å²) in [4.78, 5) is 2.43. The molecule has 0 atom stereocenters. The fourth-order valence-electron chi connectivity index (χ4n) is 11.6. The Kier molecular flexibility index (Phi) is 15.0. The van der Waals surface area contributed by atoms with Crippen LogP contribution in [-0.2, 0) is 0 Å². The van der Waals surface area contributed by atoms with Crippen molar-refractivity contribution in [2.45, 2.75) is 65.7 Å². The van der Waals surface area contributed by atoms with Crippen molar-refractivity contribution in [2.24, 2.45) is 0 Å². The van der Waals surface area contributed by atoms with Crippen LogP contribution in [0.15, 0.2) is 243 Å². The van der Waals surface area contributed by atoms with Crippen LogP contribution in [0, 0.1) is 13.8 Å². The monoisotopic (exact) mass is 1210 g/mol. The van der Waals surface area contributed by atoms with Gasteiger partial charge in [-0.2, -0.15) is 0 Å². The Balaban J connectivity index is 0.000000538. The average Bonchev–Trinajstić information content (AvgIpc) is 3.61. The van der Waals surface area contributed by atoms with Gasteiger partial charge in [0, 0.05) is 0 Å². The number of rotatable bonds is 10. The van der Waals surface area contributed by atoms with Gasteiger partial charge in [-0.1, -0.05) is 133 Å². The van der Waals surface area contributed by atoms with Crippen LogP contribution in [0.5, 0.6) is 0 Å². The van der Waals surface area contributed by atoms with Gasteiger partial charge < -0.3 is 0 Å². The van der Waals surface area contributed by atoms with Gasteiger partial charge in [0.25, 0.3) is 0 Å². The molecular weight excluding hydrogens is 1130 g/mol. The van der Waals surface area contributed by atoms with Gasteiger partial charge >= 0.3 is 281 Å². The summed E-state index contributed by atoms with van der Waals surface area (Å²) >= 11 is -5.52. The van der Waals surface area contributed by atoms with Crippen molar-refractivity contribution in [3.8, 4) is 44.5 Å². The average molecular weight is 1210 g/mol. The Morgan fingerprint density at radius 1 is 0.228 bits per heavy atom. The number of anilines is 3. The van der Waals surface area contributed by atoms with Crippen molar-refractivity contribution in [3.63, 3.8) is 0 Å². The molecule has 0 saturated heterocycles. The second-order valence-electron chi connectivity index (χ2n) is 24.7. The zero-order chi connectivity index (χ0) is 55.2. The van der Waals surface area contributed by atoms with Crippen LogP contribution in [0.3, 0.4) is 0 Å². The molecule has 0 spiro atoms. The van der Waals surface area contributed by atoms with Gasteiger partial charge in [0.1, 0.15) is 0 Å². The molecule has 0 N–H and O–H groups in total. The number of aryl methyl sites for hydroxylation is 2. The van der Waals surface area contributed by atoms with Crippen molar-refractivity contribution in [1.82, 2.24) is 0 Å². The minimum atomic E-state index is -2.00. The molecule has 79 heavy (non-hydrogen) atoms. The van der Waals surface area contributed by atoms with Crippen molar-refractivity contribution < 1.29 is 0 Å². The van der Waals surface area contributed by atoms with Crippen molar-refractivity contribution in [2.75, 3.05) is 4.90 Å². The SMILES string of the molecule is Cc1cc[c]([Ge]([CH3])([CH3])[CH3])cc1.Cc1ccc(-c2c3ccccc3c(-c3cccc(-c4c5ccccc5c(-c5ccc(N(c6cc[c]([Ge]([CH3])([CH3])[CH3])cc6)c6cc[c]([Ge]([CH3])([CH3])[CH3])cc6)cc5)c5ccccc45)c3)c3ccccc23)cc1. The molecule has 0 radical (unpaired) electrons. The third-order valence-corrected chi connectivity index (χ3v) is 29.0. The fraction of sp³-hybridized carbons (Fsp3) is 0.147. The molecule has 0 fully saturated rings. The molecule has 0 amide bonds. The van der Waals surface area contributed by atoms with Crippen LogP contribution < -0.4 is 18.1 Å². The Bertz CT molecular complexity index is 3980. The van der Waals surface area contributed by atoms with E-state index >= 15 is 0 Å². The molecule has 12 rings (SSSR count). The molecule has 12 aromatic carbocycles. The fourth-order valence-corrected chi connectivity index (χ4v) is 18.9. The van der Waals surface area contributed by atoms with Crippen molar-refractivity contribution in [3.05, 3.63) is 254 Å². The maximum absolute atomic E-state index is 2.47. The van der Waals surface area contributed by atoms with E-state index in [1.165, 1.54) is 119 Å². The number of hydrogen-bond donors (Lipinski definition) is 0. The zero-order valence-corrected chi connectivity index (χ0v) is 54.3. The Labute approximate surface area is 478 Å². The molecule has 0 aliphatic rings. The predicted octanol–water partition coefficient (Wildman–Crippen LogP) is 20.4. The molecule has 0 heterocycles. The van der Waals surface area contributed by atoms with E-state index in [1.54, 1.807) is 4.40 Å². The number of benzene rings is 12. The quantitative estimate of drug-likeness (QED) is 0.0974. The van der Waals surface area contributed by atoms with Crippen molar-refractivity contribution >= 4 is 113 Å². The standard InChI is InChI=1S/C65H57Ge2N.C10H16Ge/c1-44-27-29-45(30-28-44)62-54-19-8-12-23-58(54)64(59-24-13-9-20-55(59)62)47-17-16-18-48(43-47)65-60-25-14-10-21-56(60)63(57-22-11-15-26-61(57)65)46-31-37-51(38-32-46)68(52-39-33-49(34-40-52)66(2,3)4)53-41-35-50(36-42-53)67(5,6)7;1-9-5-7-10(8-6-9)11(2,3)4/h8-43H,1-7H3;5-8H,1-4H3. The van der Waals surface area contributed by atoms with E-state index in [4.69, 9.17) is 0 Å². The first kappa shape index (κ1) is 54.1. The summed E-state index contributed by atoms with van der Waals surface area (Å²) in [6, 6.07) is 91.4. The van der Waals surface area contributed by atoms with Crippen LogP contribution in [0.2, 0.25) is 51.8 Å². The first-order chi connectivity index (χ1) is 37.9. The maximum atomic E-state index is 2.47. The van der Waals surface area contributed by atoms with E-state index in [-0.39, 0.29) is 0 Å². The molecular formula is C75H73Ge3N. The van der Waals surface area contributed by atoms with Gasteiger partial charge in [-0.25, -0.2) is 0 Å². The van der Waals surface area contributed by atoms with Gasteiger partial charge in [-0.3, -0.25) is 0 Å². The van der Waals surface area contributed by atoms with Gasteiger partial charge in [0.15, 0.2) is 0 Å². The molecule has 0 saturated carbocycles. The van der Waals surface area contributed by atoms with E-state index in [0.717, 1.165) is 5.69 Å². The second-order valence-corrected chi connectivity index (χ2v) is 56.7. The molecule has 0 aromatic heterocycles. The van der Waals surface area contributed by atoms with E-state index in [1.807, 2.05) is 0 Å². The summed E-state index contributed by atoms with van der Waals surface area (Å²) < 4.78 is 4.63. The zero-order valence-electron chi connectivity index (χ0n) is 48.0. The molecule has 0 bridgehead atoms. The third kappa shape index (κ3) is 11.1. The Morgan fingerprint density at radius 2 is 0.456 bits per heavy atom. The smallest absolute Gasteiger partial charge is 0.0616 e. The van der Waals surface area contributed by atoms with Gasteiger partial charge in [-0.05, 0) is 67.9 Å². The summed E-state index contributed by atoms with van der Waals surface area (Å²) in [5.74, 6) is 22.1. The molecule has 12 aromatic rings. The van der Waals surface area contributed by atoms with Gasteiger partial charge in [0.2, 0.25) is 0 Å². The van der Waals surface area contributed by atoms with Crippen LogP contribution in [0.4, 0.5) is 17.1 Å². The summed E-state index contributed by atoms with van der Waals surface area (Å²) in [7, 11) is 0. The van der Waals surface area contributed by atoms with Crippen LogP contribution in [0.1, 0.15) is 11.1 Å². The van der Waals surface area contributed by atoms with E-state index in [9.17, 15) is 0 Å². The Morgan fingerprint density at radius 3 is 0.734 bits per heavy atom. The summed E-state index contributed by atoms with van der Waals surface area (Å²) in [6.07, 6.45) is 0. The van der Waals surface area contributed by atoms with Crippen molar-refractivity contribution in [1.29, 1.82) is 0 Å². The molecule has 0 unspecified atom stereocenters. The van der Waals surface area contributed by atoms with E-state index < -0.39 is 39.8 Å².